The molecule has 1 aliphatic rings. The second-order valence-electron chi connectivity index (χ2n) is 5.23. The van der Waals surface area contributed by atoms with Gasteiger partial charge in [-0.15, -0.1) is 23.7 Å². The lowest BCUT2D eigenvalue weighted by molar-refractivity contribution is 0.0948. The summed E-state index contributed by atoms with van der Waals surface area (Å²) in [5.41, 5.74) is 5.98. The van der Waals surface area contributed by atoms with Gasteiger partial charge in [0.2, 0.25) is 0 Å². The van der Waals surface area contributed by atoms with Gasteiger partial charge >= 0.3 is 0 Å². The fourth-order valence-electron chi connectivity index (χ4n) is 2.66. The maximum Gasteiger partial charge on any atom is 0.270 e. The van der Waals surface area contributed by atoms with Gasteiger partial charge in [-0.25, -0.2) is 4.98 Å². The van der Waals surface area contributed by atoms with Crippen LogP contribution in [0.2, 0.25) is 0 Å². The van der Waals surface area contributed by atoms with Crippen LogP contribution >= 0.6 is 23.7 Å². The Balaban J connectivity index is 0.00000200. The molecule has 114 valence electrons. The molecule has 4 nitrogen and oxygen atoms in total. The van der Waals surface area contributed by atoms with Gasteiger partial charge in [-0.1, -0.05) is 38.5 Å². The molecule has 0 bridgehead atoms. The molecule has 0 aromatic carbocycles. The van der Waals surface area contributed by atoms with Gasteiger partial charge < -0.3 is 11.1 Å². The van der Waals surface area contributed by atoms with Crippen molar-refractivity contribution in [2.45, 2.75) is 51.5 Å². The molecule has 0 radical (unpaired) electrons. The highest BCUT2D eigenvalue weighted by molar-refractivity contribution is 7.09. The van der Waals surface area contributed by atoms with Gasteiger partial charge in [0, 0.05) is 18.5 Å². The number of thiazole rings is 1. The number of carbonyl (C=O) groups excluding carboxylic acids is 1. The zero-order chi connectivity index (χ0) is 13.5. The van der Waals surface area contributed by atoms with Crippen molar-refractivity contribution in [2.24, 2.45) is 11.7 Å². The van der Waals surface area contributed by atoms with Crippen LogP contribution in [0.1, 0.15) is 60.4 Å². The number of unbranched alkanes of at least 4 members (excludes halogenated alkanes) is 1. The summed E-state index contributed by atoms with van der Waals surface area (Å²) in [6.07, 6.45) is 9.25. The van der Waals surface area contributed by atoms with Gasteiger partial charge in [0.05, 0.1) is 0 Å². The average molecular weight is 318 g/mol. The van der Waals surface area contributed by atoms with E-state index in [2.05, 4.69) is 10.3 Å². The predicted octanol–water partition coefficient (Wildman–Crippen LogP) is 3.11. The van der Waals surface area contributed by atoms with E-state index in [-0.39, 0.29) is 18.3 Å². The number of aromatic nitrogens is 1. The van der Waals surface area contributed by atoms with Crippen molar-refractivity contribution in [1.82, 2.24) is 10.3 Å². The molecule has 0 unspecified atom stereocenters. The van der Waals surface area contributed by atoms with Crippen LogP contribution in [-0.2, 0) is 6.54 Å². The van der Waals surface area contributed by atoms with Crippen molar-refractivity contribution in [1.29, 1.82) is 0 Å². The van der Waals surface area contributed by atoms with E-state index in [0.29, 0.717) is 12.2 Å². The van der Waals surface area contributed by atoms with E-state index in [4.69, 9.17) is 5.73 Å². The first kappa shape index (κ1) is 17.4. The summed E-state index contributed by atoms with van der Waals surface area (Å²) in [7, 11) is 0. The molecule has 0 atom stereocenters. The molecule has 1 aromatic heterocycles. The lowest BCUT2D eigenvalue weighted by Gasteiger charge is -2.08. The third-order valence-electron chi connectivity index (χ3n) is 3.76. The summed E-state index contributed by atoms with van der Waals surface area (Å²) in [5, 5.41) is 5.51. The normalized spacial score (nSPS) is 15.1. The monoisotopic (exact) mass is 317 g/mol. The molecule has 3 N–H and O–H groups in total. The summed E-state index contributed by atoms with van der Waals surface area (Å²) in [4.78, 5) is 16.0. The van der Waals surface area contributed by atoms with Crippen molar-refractivity contribution in [2.75, 3.05) is 6.54 Å². The fraction of sp³-hybridized carbons (Fsp3) is 0.714. The Kier molecular flexibility index (Phi) is 8.11. The number of nitrogens with one attached hydrogen (secondary N) is 1. The second-order valence-corrected chi connectivity index (χ2v) is 6.18. The molecule has 1 aliphatic carbocycles. The minimum atomic E-state index is -0.0724. The summed E-state index contributed by atoms with van der Waals surface area (Å²) < 4.78 is 0. The first-order valence-corrected chi connectivity index (χ1v) is 8.10. The minimum absolute atomic E-state index is 0. The third-order valence-corrected chi connectivity index (χ3v) is 4.63. The molecule has 1 heterocycles. The topological polar surface area (TPSA) is 68.0 Å². The zero-order valence-electron chi connectivity index (χ0n) is 11.8. The molecular formula is C14H24ClN3OS. The van der Waals surface area contributed by atoms with E-state index in [0.717, 1.165) is 23.9 Å². The summed E-state index contributed by atoms with van der Waals surface area (Å²) in [6, 6.07) is 0. The molecule has 1 aromatic rings. The van der Waals surface area contributed by atoms with E-state index in [1.807, 2.05) is 0 Å². The van der Waals surface area contributed by atoms with Crippen LogP contribution in [0.5, 0.6) is 0 Å². The number of halogens is 1. The SMILES string of the molecule is Cl.NCc1nc(C(=O)NCCCCC2CCCC2)cs1. The van der Waals surface area contributed by atoms with Gasteiger partial charge in [0.1, 0.15) is 10.7 Å². The van der Waals surface area contributed by atoms with Crippen LogP contribution < -0.4 is 11.1 Å². The predicted molar refractivity (Wildman–Crippen MR) is 85.4 cm³/mol. The Labute approximate surface area is 131 Å². The molecule has 0 aliphatic heterocycles. The van der Waals surface area contributed by atoms with Gasteiger partial charge in [0.25, 0.3) is 5.91 Å². The second kappa shape index (κ2) is 9.32. The highest BCUT2D eigenvalue weighted by atomic mass is 35.5. The first-order chi connectivity index (χ1) is 9.29. The van der Waals surface area contributed by atoms with Crippen molar-refractivity contribution >= 4 is 29.7 Å². The number of rotatable bonds is 7. The highest BCUT2D eigenvalue weighted by Gasteiger charge is 2.14. The maximum atomic E-state index is 11.8. The largest absolute Gasteiger partial charge is 0.351 e. The van der Waals surface area contributed by atoms with Crippen LogP contribution in [0.4, 0.5) is 0 Å². The number of hydrogen-bond acceptors (Lipinski definition) is 4. The zero-order valence-corrected chi connectivity index (χ0v) is 13.4. The summed E-state index contributed by atoms with van der Waals surface area (Å²) >= 11 is 1.44. The fourth-order valence-corrected chi connectivity index (χ4v) is 3.31. The minimum Gasteiger partial charge on any atom is -0.351 e. The van der Waals surface area contributed by atoms with Crippen LogP contribution in [0.25, 0.3) is 0 Å². The Morgan fingerprint density at radius 2 is 2.15 bits per heavy atom. The highest BCUT2D eigenvalue weighted by Crippen LogP contribution is 2.28. The van der Waals surface area contributed by atoms with Crippen molar-refractivity contribution in [3.05, 3.63) is 16.1 Å². The molecule has 6 heteroatoms. The Morgan fingerprint density at radius 1 is 1.40 bits per heavy atom. The molecule has 0 saturated heterocycles. The summed E-state index contributed by atoms with van der Waals surface area (Å²) in [6.45, 7) is 1.15. The van der Waals surface area contributed by atoms with Gasteiger partial charge in [-0.05, 0) is 12.3 Å². The average Bonchev–Trinajstić information content (AvgIpc) is 3.09. The summed E-state index contributed by atoms with van der Waals surface area (Å²) in [5.74, 6) is 0.873. The Morgan fingerprint density at radius 3 is 2.80 bits per heavy atom. The van der Waals surface area contributed by atoms with Gasteiger partial charge in [-0.2, -0.15) is 0 Å². The number of amides is 1. The van der Waals surface area contributed by atoms with Crippen molar-refractivity contribution in [3.8, 4) is 0 Å². The van der Waals surface area contributed by atoms with Crippen LogP contribution in [0.15, 0.2) is 5.38 Å². The van der Waals surface area contributed by atoms with Crippen LogP contribution in [0, 0.1) is 5.92 Å². The molecule has 20 heavy (non-hydrogen) atoms. The number of hydrogen-bond donors (Lipinski definition) is 2. The standard InChI is InChI=1S/C14H23N3OS.ClH/c15-9-13-17-12(10-19-13)14(18)16-8-4-3-7-11-5-1-2-6-11;/h10-11H,1-9,15H2,(H,16,18);1H. The number of nitrogens with two attached hydrogens (primary N) is 1. The van der Waals surface area contributed by atoms with E-state index >= 15 is 0 Å². The molecule has 1 amide bonds. The van der Waals surface area contributed by atoms with E-state index in [9.17, 15) is 4.79 Å². The Hall–Kier alpha value is -0.650. The number of nitrogens with zero attached hydrogens (tertiary/aromatic N) is 1. The third kappa shape index (κ3) is 5.38. The maximum absolute atomic E-state index is 11.8. The molecule has 1 fully saturated rings. The van der Waals surface area contributed by atoms with Crippen LogP contribution in [0.3, 0.4) is 0 Å². The van der Waals surface area contributed by atoms with Crippen molar-refractivity contribution < 1.29 is 4.79 Å². The lowest BCUT2D eigenvalue weighted by Crippen LogP contribution is -2.24. The number of carbonyl (C=O) groups is 1. The van der Waals surface area contributed by atoms with Gasteiger partial charge in [-0.3, -0.25) is 4.79 Å². The lowest BCUT2D eigenvalue weighted by atomic mass is 10.0. The van der Waals surface area contributed by atoms with E-state index < -0.39 is 0 Å². The van der Waals surface area contributed by atoms with E-state index in [1.54, 1.807) is 5.38 Å². The quantitative estimate of drug-likeness (QED) is 0.759. The van der Waals surface area contributed by atoms with Gasteiger partial charge in [0.15, 0.2) is 0 Å². The molecule has 0 spiro atoms. The van der Waals surface area contributed by atoms with Crippen molar-refractivity contribution in [3.63, 3.8) is 0 Å². The molecule has 2 rings (SSSR count). The van der Waals surface area contributed by atoms with Crippen LogP contribution in [-0.4, -0.2) is 17.4 Å². The Bertz CT molecular complexity index is 405. The first-order valence-electron chi connectivity index (χ1n) is 7.22. The smallest absolute Gasteiger partial charge is 0.270 e. The van der Waals surface area contributed by atoms with E-state index in [1.165, 1.54) is 49.9 Å². The molecular weight excluding hydrogens is 294 g/mol. The molecule has 1 saturated carbocycles.